The quantitative estimate of drug-likeness (QED) is 0.264. The topological polar surface area (TPSA) is 36.1 Å². The number of unbranched alkanes of at least 4 members (excludes halogenated alkanes) is 2. The lowest BCUT2D eigenvalue weighted by molar-refractivity contribution is 0.557. The Kier molecular flexibility index (Phi) is 11.0. The van der Waals surface area contributed by atoms with Crippen molar-refractivity contribution in [2.75, 3.05) is 32.7 Å². The van der Waals surface area contributed by atoms with Crippen LogP contribution in [0.25, 0.3) is 21.5 Å². The van der Waals surface area contributed by atoms with Crippen molar-refractivity contribution in [3.8, 4) is 0 Å². The van der Waals surface area contributed by atoms with Crippen molar-refractivity contribution < 1.29 is 0 Å². The van der Waals surface area contributed by atoms with Gasteiger partial charge in [0.15, 0.2) is 0 Å². The van der Waals surface area contributed by atoms with Crippen molar-refractivity contribution in [1.82, 2.24) is 16.0 Å². The lowest BCUT2D eigenvalue weighted by Crippen LogP contribution is -2.21. The molecule has 3 nitrogen and oxygen atoms in total. The Morgan fingerprint density at radius 1 is 0.621 bits per heavy atom. The second-order valence-corrected chi connectivity index (χ2v) is 7.49. The smallest absolute Gasteiger partial charge is 0.0217 e. The highest BCUT2D eigenvalue weighted by Crippen LogP contribution is 2.28. The third kappa shape index (κ3) is 7.27. The molecule has 0 radical (unpaired) electrons. The van der Waals surface area contributed by atoms with Gasteiger partial charge in [-0.2, -0.15) is 0 Å². The van der Waals surface area contributed by atoms with Gasteiger partial charge < -0.3 is 16.0 Å². The highest BCUT2D eigenvalue weighted by Gasteiger charge is 2.06. The molecular weight excluding hydrogens is 378 g/mol. The zero-order chi connectivity index (χ0) is 19.4. The van der Waals surface area contributed by atoms with Gasteiger partial charge in [-0.25, -0.2) is 0 Å². The van der Waals surface area contributed by atoms with Crippen LogP contribution in [-0.4, -0.2) is 32.7 Å². The average molecular weight is 414 g/mol. The summed E-state index contributed by atoms with van der Waals surface area (Å²) >= 11 is 0. The van der Waals surface area contributed by atoms with Crippen LogP contribution in [0.4, 0.5) is 0 Å². The van der Waals surface area contributed by atoms with E-state index in [-0.39, 0.29) is 12.4 Å². The van der Waals surface area contributed by atoms with Crippen molar-refractivity contribution in [1.29, 1.82) is 0 Å². The number of benzene rings is 3. The fourth-order valence-corrected chi connectivity index (χ4v) is 3.81. The first-order chi connectivity index (χ1) is 13.9. The van der Waals surface area contributed by atoms with E-state index in [9.17, 15) is 0 Å². The Balaban J connectivity index is 0.00000300. The van der Waals surface area contributed by atoms with Gasteiger partial charge in [-0.05, 0) is 91.6 Å². The molecule has 0 atom stereocenters. The summed E-state index contributed by atoms with van der Waals surface area (Å²) in [5.41, 5.74) is 1.42. The highest BCUT2D eigenvalue weighted by molar-refractivity contribution is 6.02. The van der Waals surface area contributed by atoms with Crippen LogP contribution in [-0.2, 0) is 6.54 Å². The van der Waals surface area contributed by atoms with E-state index < -0.39 is 0 Å². The molecule has 0 unspecified atom stereocenters. The van der Waals surface area contributed by atoms with E-state index in [4.69, 9.17) is 0 Å². The van der Waals surface area contributed by atoms with Crippen molar-refractivity contribution in [3.63, 3.8) is 0 Å². The summed E-state index contributed by atoms with van der Waals surface area (Å²) in [7, 11) is 0. The Labute approximate surface area is 182 Å². The molecule has 0 saturated heterocycles. The molecule has 0 heterocycles. The van der Waals surface area contributed by atoms with E-state index in [0.29, 0.717) is 0 Å². The zero-order valence-corrected chi connectivity index (χ0v) is 18.5. The Morgan fingerprint density at radius 3 is 1.66 bits per heavy atom. The molecule has 3 aromatic rings. The van der Waals surface area contributed by atoms with Gasteiger partial charge >= 0.3 is 0 Å². The predicted octanol–water partition coefficient (Wildman–Crippen LogP) is 5.26. The maximum atomic E-state index is 3.68. The van der Waals surface area contributed by atoms with Crippen molar-refractivity contribution in [2.24, 2.45) is 0 Å². The number of hydrogen-bond acceptors (Lipinski definition) is 3. The second-order valence-electron chi connectivity index (χ2n) is 7.49. The standard InChI is InChI=1S/C25H35N3.ClH/c1-2-26-15-7-8-16-27-17-9-10-18-28-20-25-23-13-5-3-11-21(23)19-22-12-4-6-14-24(22)25;/h3-6,11-14,19,26-28H,2,7-10,15-18,20H2,1H3;1H. The van der Waals surface area contributed by atoms with E-state index in [2.05, 4.69) is 77.5 Å². The van der Waals surface area contributed by atoms with Crippen LogP contribution in [0.2, 0.25) is 0 Å². The lowest BCUT2D eigenvalue weighted by Gasteiger charge is -2.13. The molecular formula is C25H36ClN3. The molecule has 0 aliphatic carbocycles. The molecule has 0 aliphatic rings. The Hall–Kier alpha value is -1.65. The summed E-state index contributed by atoms with van der Waals surface area (Å²) in [5.74, 6) is 0. The fraction of sp³-hybridized carbons (Fsp3) is 0.440. The zero-order valence-electron chi connectivity index (χ0n) is 17.7. The maximum absolute atomic E-state index is 3.68. The SMILES string of the molecule is CCNCCCCNCCCCNCc1c2ccccc2cc2ccccc12.Cl. The molecule has 3 rings (SSSR count). The molecule has 0 aliphatic heterocycles. The van der Waals surface area contributed by atoms with Gasteiger partial charge in [0.25, 0.3) is 0 Å². The fourth-order valence-electron chi connectivity index (χ4n) is 3.81. The molecule has 158 valence electrons. The van der Waals surface area contributed by atoms with E-state index in [1.165, 1.54) is 52.8 Å². The minimum atomic E-state index is 0. The van der Waals surface area contributed by atoms with Crippen LogP contribution in [0, 0.1) is 0 Å². The van der Waals surface area contributed by atoms with Gasteiger partial charge in [0.1, 0.15) is 0 Å². The first kappa shape index (κ1) is 23.6. The van der Waals surface area contributed by atoms with Crippen LogP contribution in [0.15, 0.2) is 54.6 Å². The maximum Gasteiger partial charge on any atom is 0.0217 e. The summed E-state index contributed by atoms with van der Waals surface area (Å²) < 4.78 is 0. The normalized spacial score (nSPS) is 11.1. The van der Waals surface area contributed by atoms with Gasteiger partial charge in [0.05, 0.1) is 0 Å². The minimum absolute atomic E-state index is 0. The molecule has 0 saturated carbocycles. The first-order valence-electron chi connectivity index (χ1n) is 10.9. The number of halogens is 1. The van der Waals surface area contributed by atoms with Gasteiger partial charge in [0, 0.05) is 6.54 Å². The van der Waals surface area contributed by atoms with E-state index in [1.807, 2.05) is 0 Å². The molecule has 3 N–H and O–H groups in total. The van der Waals surface area contributed by atoms with Crippen molar-refractivity contribution in [2.45, 2.75) is 39.2 Å². The molecule has 29 heavy (non-hydrogen) atoms. The summed E-state index contributed by atoms with van der Waals surface area (Å²) in [6.45, 7) is 8.65. The van der Waals surface area contributed by atoms with E-state index in [0.717, 1.165) is 39.3 Å². The molecule has 0 amide bonds. The summed E-state index contributed by atoms with van der Waals surface area (Å²) in [4.78, 5) is 0. The van der Waals surface area contributed by atoms with E-state index >= 15 is 0 Å². The van der Waals surface area contributed by atoms with Crippen LogP contribution in [0.5, 0.6) is 0 Å². The van der Waals surface area contributed by atoms with E-state index in [1.54, 1.807) is 0 Å². The van der Waals surface area contributed by atoms with Gasteiger partial charge in [-0.1, -0.05) is 55.5 Å². The monoisotopic (exact) mass is 413 g/mol. The van der Waals surface area contributed by atoms with Crippen LogP contribution in [0.3, 0.4) is 0 Å². The lowest BCUT2D eigenvalue weighted by atomic mass is 9.97. The highest BCUT2D eigenvalue weighted by atomic mass is 35.5. The molecule has 3 aromatic carbocycles. The Bertz CT molecular complexity index is 796. The van der Waals surface area contributed by atoms with Gasteiger partial charge in [-0.15, -0.1) is 12.4 Å². The molecule has 0 spiro atoms. The van der Waals surface area contributed by atoms with Crippen molar-refractivity contribution in [3.05, 3.63) is 60.2 Å². The first-order valence-corrected chi connectivity index (χ1v) is 10.9. The number of fused-ring (bicyclic) bond motifs is 2. The third-order valence-electron chi connectivity index (χ3n) is 5.35. The molecule has 0 bridgehead atoms. The third-order valence-corrected chi connectivity index (χ3v) is 5.35. The minimum Gasteiger partial charge on any atom is -0.317 e. The van der Waals surface area contributed by atoms with Crippen molar-refractivity contribution >= 4 is 34.0 Å². The number of rotatable bonds is 13. The summed E-state index contributed by atoms with van der Waals surface area (Å²) in [6, 6.07) is 19.8. The average Bonchev–Trinajstić information content (AvgIpc) is 2.73. The number of hydrogen-bond donors (Lipinski definition) is 3. The van der Waals surface area contributed by atoms with Gasteiger partial charge in [-0.3, -0.25) is 0 Å². The molecule has 4 heteroatoms. The largest absolute Gasteiger partial charge is 0.317 e. The van der Waals surface area contributed by atoms with Crippen LogP contribution >= 0.6 is 12.4 Å². The summed E-state index contributed by atoms with van der Waals surface area (Å²) in [6.07, 6.45) is 4.98. The predicted molar refractivity (Wildman–Crippen MR) is 130 cm³/mol. The number of nitrogens with one attached hydrogen (secondary N) is 3. The van der Waals surface area contributed by atoms with Crippen LogP contribution in [0.1, 0.15) is 38.2 Å². The van der Waals surface area contributed by atoms with Gasteiger partial charge in [0.2, 0.25) is 0 Å². The second kappa shape index (κ2) is 13.6. The molecule has 0 fully saturated rings. The molecule has 0 aromatic heterocycles. The van der Waals surface area contributed by atoms with Crippen LogP contribution < -0.4 is 16.0 Å². The Morgan fingerprint density at radius 2 is 1.10 bits per heavy atom. The summed E-state index contributed by atoms with van der Waals surface area (Å²) in [5, 5.41) is 16.0.